The van der Waals surface area contributed by atoms with Crippen LogP contribution in [0.2, 0.25) is 0 Å². The van der Waals surface area contributed by atoms with Crippen LogP contribution in [0, 0.1) is 11.7 Å². The van der Waals surface area contributed by atoms with Gasteiger partial charge in [0.15, 0.2) is 0 Å². The Bertz CT molecular complexity index is 788. The highest BCUT2D eigenvalue weighted by atomic mass is 19.1. The van der Waals surface area contributed by atoms with E-state index < -0.39 is 0 Å². The monoisotopic (exact) mass is 297 g/mol. The van der Waals surface area contributed by atoms with Gasteiger partial charge >= 0.3 is 0 Å². The minimum absolute atomic E-state index is 0.249. The van der Waals surface area contributed by atoms with Crippen molar-refractivity contribution >= 4 is 16.7 Å². The molecule has 4 heteroatoms. The average molecular weight is 297 g/mol. The first-order valence-corrected chi connectivity index (χ1v) is 7.52. The lowest BCUT2D eigenvalue weighted by atomic mass is 10.1. The van der Waals surface area contributed by atoms with Gasteiger partial charge in [0.25, 0.3) is 0 Å². The Morgan fingerprint density at radius 1 is 1.14 bits per heavy atom. The van der Waals surface area contributed by atoms with Crippen LogP contribution in [0.25, 0.3) is 11.0 Å². The van der Waals surface area contributed by atoms with Crippen molar-refractivity contribution in [1.29, 1.82) is 0 Å². The lowest BCUT2D eigenvalue weighted by Crippen LogP contribution is -2.09. The van der Waals surface area contributed by atoms with Crippen LogP contribution in [-0.4, -0.2) is 9.55 Å². The molecule has 22 heavy (non-hydrogen) atoms. The third-order valence-corrected chi connectivity index (χ3v) is 3.68. The Kier molecular flexibility index (Phi) is 3.84. The third kappa shape index (κ3) is 2.96. The van der Waals surface area contributed by atoms with Gasteiger partial charge in [-0.2, -0.15) is 0 Å². The number of hydrogen-bond donors (Lipinski definition) is 1. The summed E-state index contributed by atoms with van der Waals surface area (Å²) in [6.07, 6.45) is 0.712. The number of fused-ring (bicyclic) bond motifs is 1. The van der Waals surface area contributed by atoms with Gasteiger partial charge in [0, 0.05) is 24.7 Å². The zero-order valence-corrected chi connectivity index (χ0v) is 12.9. The fourth-order valence-corrected chi connectivity index (χ4v) is 2.67. The van der Waals surface area contributed by atoms with E-state index in [0.29, 0.717) is 17.9 Å². The predicted molar refractivity (Wildman–Crippen MR) is 88.2 cm³/mol. The number of halogens is 1. The Labute approximate surface area is 129 Å². The molecular formula is C18H20FN3. The normalized spacial score (nSPS) is 11.5. The molecule has 2 N–H and O–H groups in total. The van der Waals surface area contributed by atoms with Gasteiger partial charge in [-0.25, -0.2) is 9.37 Å². The molecule has 0 saturated carbocycles. The number of hydrogen-bond acceptors (Lipinski definition) is 2. The standard InChI is InChI=1S/C18H20FN3/c1-12(2)11-22-17-8-5-14(19)10-16(17)21-18(22)9-13-3-6-15(20)7-4-13/h3-8,10,12H,9,11,20H2,1-2H3. The Hall–Kier alpha value is -2.36. The number of imidazole rings is 1. The zero-order chi connectivity index (χ0) is 15.7. The summed E-state index contributed by atoms with van der Waals surface area (Å²) in [5.74, 6) is 1.20. The van der Waals surface area contributed by atoms with Crippen LogP contribution in [0.15, 0.2) is 42.5 Å². The number of anilines is 1. The van der Waals surface area contributed by atoms with Gasteiger partial charge < -0.3 is 10.3 Å². The molecule has 0 atom stereocenters. The molecule has 1 aromatic heterocycles. The van der Waals surface area contributed by atoms with Gasteiger partial charge in [0.1, 0.15) is 11.6 Å². The van der Waals surface area contributed by atoms with Gasteiger partial charge in [-0.15, -0.1) is 0 Å². The topological polar surface area (TPSA) is 43.8 Å². The second-order valence-corrected chi connectivity index (χ2v) is 6.08. The van der Waals surface area contributed by atoms with Crippen molar-refractivity contribution in [2.75, 3.05) is 5.73 Å². The summed E-state index contributed by atoms with van der Waals surface area (Å²) in [5, 5.41) is 0. The van der Waals surface area contributed by atoms with Crippen LogP contribution < -0.4 is 5.73 Å². The Morgan fingerprint density at radius 2 is 1.86 bits per heavy atom. The lowest BCUT2D eigenvalue weighted by molar-refractivity contribution is 0.520. The molecule has 0 aliphatic carbocycles. The number of nitrogens with two attached hydrogens (primary N) is 1. The molecule has 0 unspecified atom stereocenters. The van der Waals surface area contributed by atoms with E-state index >= 15 is 0 Å². The Balaban J connectivity index is 2.04. The highest BCUT2D eigenvalue weighted by Crippen LogP contribution is 2.21. The first kappa shape index (κ1) is 14.6. The lowest BCUT2D eigenvalue weighted by Gasteiger charge is -2.12. The molecule has 0 radical (unpaired) electrons. The average Bonchev–Trinajstić information content (AvgIpc) is 2.78. The van der Waals surface area contributed by atoms with Crippen molar-refractivity contribution in [3.05, 3.63) is 59.7 Å². The van der Waals surface area contributed by atoms with Crippen molar-refractivity contribution in [1.82, 2.24) is 9.55 Å². The van der Waals surface area contributed by atoms with Crippen molar-refractivity contribution in [2.45, 2.75) is 26.8 Å². The van der Waals surface area contributed by atoms with E-state index in [2.05, 4.69) is 23.4 Å². The summed E-state index contributed by atoms with van der Waals surface area (Å²) in [7, 11) is 0. The smallest absolute Gasteiger partial charge is 0.125 e. The largest absolute Gasteiger partial charge is 0.399 e. The number of rotatable bonds is 4. The summed E-state index contributed by atoms with van der Waals surface area (Å²) in [5.41, 5.74) is 9.33. The van der Waals surface area contributed by atoms with E-state index in [4.69, 9.17) is 5.73 Å². The molecule has 0 aliphatic heterocycles. The van der Waals surface area contributed by atoms with Crippen LogP contribution in [0.1, 0.15) is 25.2 Å². The van der Waals surface area contributed by atoms with Crippen LogP contribution in [0.3, 0.4) is 0 Å². The van der Waals surface area contributed by atoms with Crippen LogP contribution >= 0.6 is 0 Å². The molecule has 3 rings (SSSR count). The Morgan fingerprint density at radius 3 is 2.55 bits per heavy atom. The number of nitrogen functional groups attached to an aromatic ring is 1. The van der Waals surface area contributed by atoms with E-state index in [0.717, 1.165) is 29.1 Å². The maximum atomic E-state index is 13.4. The first-order chi connectivity index (χ1) is 10.5. The second kappa shape index (κ2) is 5.79. The molecule has 0 amide bonds. The molecule has 114 valence electrons. The summed E-state index contributed by atoms with van der Waals surface area (Å²) in [6, 6.07) is 12.6. The van der Waals surface area contributed by atoms with E-state index in [-0.39, 0.29) is 5.82 Å². The predicted octanol–water partition coefficient (Wildman–Crippen LogP) is 4.00. The molecule has 0 bridgehead atoms. The molecule has 0 spiro atoms. The minimum Gasteiger partial charge on any atom is -0.399 e. The number of nitrogens with zero attached hydrogens (tertiary/aromatic N) is 2. The van der Waals surface area contributed by atoms with Crippen LogP contribution in [0.5, 0.6) is 0 Å². The van der Waals surface area contributed by atoms with E-state index in [1.54, 1.807) is 0 Å². The van der Waals surface area contributed by atoms with Crippen molar-refractivity contribution < 1.29 is 4.39 Å². The summed E-state index contributed by atoms with van der Waals surface area (Å²) in [6.45, 7) is 5.21. The third-order valence-electron chi connectivity index (χ3n) is 3.68. The van der Waals surface area contributed by atoms with Crippen molar-refractivity contribution in [2.24, 2.45) is 5.92 Å². The van der Waals surface area contributed by atoms with E-state index in [1.807, 2.05) is 30.3 Å². The number of benzene rings is 2. The van der Waals surface area contributed by atoms with E-state index in [1.165, 1.54) is 12.1 Å². The van der Waals surface area contributed by atoms with Gasteiger partial charge in [0.05, 0.1) is 11.0 Å². The molecule has 0 fully saturated rings. The summed E-state index contributed by atoms with van der Waals surface area (Å²) >= 11 is 0. The molecular weight excluding hydrogens is 277 g/mol. The van der Waals surface area contributed by atoms with Gasteiger partial charge in [-0.05, 0) is 35.7 Å². The molecule has 2 aromatic carbocycles. The van der Waals surface area contributed by atoms with E-state index in [9.17, 15) is 4.39 Å². The van der Waals surface area contributed by atoms with Gasteiger partial charge in [0.2, 0.25) is 0 Å². The quantitative estimate of drug-likeness (QED) is 0.740. The van der Waals surface area contributed by atoms with Crippen LogP contribution in [-0.2, 0) is 13.0 Å². The highest BCUT2D eigenvalue weighted by Gasteiger charge is 2.13. The maximum Gasteiger partial charge on any atom is 0.125 e. The second-order valence-electron chi connectivity index (χ2n) is 6.08. The summed E-state index contributed by atoms with van der Waals surface area (Å²) in [4.78, 5) is 4.64. The molecule has 0 saturated heterocycles. The highest BCUT2D eigenvalue weighted by molar-refractivity contribution is 5.76. The molecule has 3 aromatic rings. The van der Waals surface area contributed by atoms with Crippen LogP contribution in [0.4, 0.5) is 10.1 Å². The zero-order valence-electron chi connectivity index (χ0n) is 12.9. The van der Waals surface area contributed by atoms with Gasteiger partial charge in [-0.3, -0.25) is 0 Å². The number of aromatic nitrogens is 2. The maximum absolute atomic E-state index is 13.4. The first-order valence-electron chi connectivity index (χ1n) is 7.52. The molecule has 0 aliphatic rings. The van der Waals surface area contributed by atoms with Crippen molar-refractivity contribution in [3.8, 4) is 0 Å². The van der Waals surface area contributed by atoms with Crippen molar-refractivity contribution in [3.63, 3.8) is 0 Å². The fraction of sp³-hybridized carbons (Fsp3) is 0.278. The van der Waals surface area contributed by atoms with Gasteiger partial charge in [-0.1, -0.05) is 26.0 Å². The SMILES string of the molecule is CC(C)Cn1c(Cc2ccc(N)cc2)nc2cc(F)ccc21. The molecule has 1 heterocycles. The molecule has 3 nitrogen and oxygen atoms in total. The summed E-state index contributed by atoms with van der Waals surface area (Å²) < 4.78 is 15.6. The fourth-order valence-electron chi connectivity index (χ4n) is 2.67. The minimum atomic E-state index is -0.249.